The molecule has 4 heterocycles. The minimum Gasteiger partial charge on any atom is -0.236 e. The van der Waals surface area contributed by atoms with Crippen LogP contribution in [-0.4, -0.2) is 19.9 Å². The molecule has 0 saturated heterocycles. The van der Waals surface area contributed by atoms with Crippen LogP contribution in [0.2, 0.25) is 0 Å². The Morgan fingerprint density at radius 2 is 0.459 bits per heavy atom. The summed E-state index contributed by atoms with van der Waals surface area (Å²) in [5.41, 5.74) is 12.4. The third-order valence-corrected chi connectivity index (χ3v) is 15.8. The van der Waals surface area contributed by atoms with E-state index in [1.165, 1.54) is 18.8 Å². The lowest BCUT2D eigenvalue weighted by molar-refractivity contribution is 0.745. The van der Waals surface area contributed by atoms with Crippen molar-refractivity contribution in [2.24, 2.45) is 0 Å². The van der Waals surface area contributed by atoms with E-state index in [0.29, 0.717) is 0 Å². The first-order chi connectivity index (χ1) is 30.2. The van der Waals surface area contributed by atoms with Gasteiger partial charge < -0.3 is 0 Å². The van der Waals surface area contributed by atoms with Gasteiger partial charge in [0.25, 0.3) is 0 Å². The van der Waals surface area contributed by atoms with Crippen molar-refractivity contribution in [2.75, 3.05) is 0 Å². The fraction of sp³-hybridized carbons (Fsp3) is 0.0189. The second-order valence-corrected chi connectivity index (χ2v) is 19.1. The van der Waals surface area contributed by atoms with Gasteiger partial charge in [-0.1, -0.05) is 146 Å². The zero-order valence-corrected chi connectivity index (χ0v) is 35.7. The lowest BCUT2D eigenvalue weighted by Crippen LogP contribution is -2.31. The highest BCUT2D eigenvalue weighted by Gasteiger charge is 2.39. The van der Waals surface area contributed by atoms with Gasteiger partial charge in [-0.3, -0.25) is 0 Å². The Labute approximate surface area is 367 Å². The largest absolute Gasteiger partial charge is 0.236 e. The van der Waals surface area contributed by atoms with Gasteiger partial charge in [0.1, 0.15) is 20.0 Å². The molecule has 8 heteroatoms. The van der Waals surface area contributed by atoms with Crippen molar-refractivity contribution in [3.8, 4) is 42.3 Å². The molecule has 0 atom stereocenters. The molecule has 0 fully saturated rings. The maximum atomic E-state index is 5.02. The summed E-state index contributed by atoms with van der Waals surface area (Å²) in [6.07, 6.45) is 0. The Hall–Kier alpha value is -6.68. The first kappa shape index (κ1) is 36.2. The molecule has 0 aliphatic heterocycles. The molecule has 4 nitrogen and oxygen atoms in total. The van der Waals surface area contributed by atoms with Crippen molar-refractivity contribution in [1.82, 2.24) is 19.9 Å². The number of thiazole rings is 4. The summed E-state index contributed by atoms with van der Waals surface area (Å²) in [6, 6.07) is 69.7. The standard InChI is InChI=1S/C53H32N4S4/c1-5-13-45-41(9-1)54-49(58-45)33-17-25-37(26-18-33)53(38-27-19-34(20-28-38)50-55-42-10-2-6-14-46(42)59-50,39-29-21-35(22-30-39)51-56-43-11-3-7-15-47(43)60-51)40-31-23-36(24-32-40)52-57-44-12-4-8-16-48(44)61-52/h1-32H. The van der Waals surface area contributed by atoms with Crippen LogP contribution in [0.1, 0.15) is 22.3 Å². The number of nitrogens with zero attached hydrogens (tertiary/aromatic N) is 4. The maximum Gasteiger partial charge on any atom is 0.124 e. The molecule has 0 spiro atoms. The average Bonchev–Trinajstić information content (AvgIpc) is 4.15. The van der Waals surface area contributed by atoms with Gasteiger partial charge >= 0.3 is 0 Å². The molecule has 12 rings (SSSR count). The predicted molar refractivity (Wildman–Crippen MR) is 259 cm³/mol. The van der Waals surface area contributed by atoms with E-state index < -0.39 is 5.41 Å². The van der Waals surface area contributed by atoms with Crippen LogP contribution in [0.25, 0.3) is 83.2 Å². The second-order valence-electron chi connectivity index (χ2n) is 15.0. The molecule has 0 saturated carbocycles. The summed E-state index contributed by atoms with van der Waals surface area (Å²) in [5, 5.41) is 4.05. The van der Waals surface area contributed by atoms with E-state index in [1.807, 2.05) is 0 Å². The minimum absolute atomic E-state index is 0.698. The van der Waals surface area contributed by atoms with E-state index in [1.54, 1.807) is 45.3 Å². The molecule has 8 aromatic carbocycles. The van der Waals surface area contributed by atoms with E-state index in [2.05, 4.69) is 194 Å². The fourth-order valence-corrected chi connectivity index (χ4v) is 12.3. The molecule has 61 heavy (non-hydrogen) atoms. The summed E-state index contributed by atoms with van der Waals surface area (Å²) in [7, 11) is 0. The summed E-state index contributed by atoms with van der Waals surface area (Å²) >= 11 is 6.92. The minimum atomic E-state index is -0.698. The van der Waals surface area contributed by atoms with E-state index in [4.69, 9.17) is 19.9 Å². The monoisotopic (exact) mass is 852 g/mol. The lowest BCUT2D eigenvalue weighted by Gasteiger charge is -2.37. The third-order valence-electron chi connectivity index (χ3n) is 11.4. The predicted octanol–water partition coefficient (Wildman–Crippen LogP) is 15.2. The van der Waals surface area contributed by atoms with Crippen molar-refractivity contribution in [1.29, 1.82) is 0 Å². The molecule has 0 unspecified atom stereocenters. The van der Waals surface area contributed by atoms with E-state index >= 15 is 0 Å². The normalized spacial score (nSPS) is 11.9. The number of hydrogen-bond acceptors (Lipinski definition) is 8. The zero-order chi connectivity index (χ0) is 40.3. The van der Waals surface area contributed by atoms with E-state index in [9.17, 15) is 0 Å². The van der Waals surface area contributed by atoms with Crippen molar-refractivity contribution in [3.05, 3.63) is 216 Å². The number of fused-ring (bicyclic) bond motifs is 4. The van der Waals surface area contributed by atoms with Gasteiger partial charge in [0.2, 0.25) is 0 Å². The van der Waals surface area contributed by atoms with E-state index in [0.717, 1.165) is 86.6 Å². The second kappa shape index (κ2) is 14.8. The van der Waals surface area contributed by atoms with Crippen LogP contribution >= 0.6 is 45.3 Å². The molecule has 288 valence electrons. The van der Waals surface area contributed by atoms with Crippen LogP contribution in [0, 0.1) is 0 Å². The van der Waals surface area contributed by atoms with Crippen LogP contribution < -0.4 is 0 Å². The van der Waals surface area contributed by atoms with Crippen molar-refractivity contribution < 1.29 is 0 Å². The summed E-state index contributed by atoms with van der Waals surface area (Å²) < 4.78 is 4.74. The Morgan fingerprint density at radius 1 is 0.246 bits per heavy atom. The fourth-order valence-electron chi connectivity index (χ4n) is 8.43. The number of hydrogen-bond donors (Lipinski definition) is 0. The number of aromatic nitrogens is 4. The first-order valence-corrected chi connectivity index (χ1v) is 23.3. The maximum absolute atomic E-state index is 5.02. The average molecular weight is 853 g/mol. The Morgan fingerprint density at radius 3 is 0.672 bits per heavy atom. The topological polar surface area (TPSA) is 51.6 Å². The van der Waals surface area contributed by atoms with Crippen molar-refractivity contribution in [2.45, 2.75) is 5.41 Å². The Kier molecular flexibility index (Phi) is 8.78. The summed E-state index contributed by atoms with van der Waals surface area (Å²) in [5.74, 6) is 0. The van der Waals surface area contributed by atoms with Crippen LogP contribution in [0.4, 0.5) is 0 Å². The Balaban J connectivity index is 1.05. The number of benzene rings is 8. The van der Waals surface area contributed by atoms with Crippen LogP contribution in [-0.2, 0) is 5.41 Å². The number of rotatable bonds is 8. The first-order valence-electron chi connectivity index (χ1n) is 20.0. The molecule has 12 aromatic rings. The Bertz CT molecular complexity index is 2920. The van der Waals surface area contributed by atoms with Gasteiger partial charge in [-0.2, -0.15) is 0 Å². The van der Waals surface area contributed by atoms with Gasteiger partial charge in [-0.25, -0.2) is 19.9 Å². The van der Waals surface area contributed by atoms with E-state index in [-0.39, 0.29) is 0 Å². The molecule has 0 bridgehead atoms. The van der Waals surface area contributed by atoms with Crippen molar-refractivity contribution in [3.63, 3.8) is 0 Å². The van der Waals surface area contributed by atoms with Crippen molar-refractivity contribution >= 4 is 86.2 Å². The summed E-state index contributed by atoms with van der Waals surface area (Å²) in [4.78, 5) is 20.1. The molecule has 0 aliphatic carbocycles. The SMILES string of the molecule is c1ccc2sc(-c3ccc(C(c4ccc(-c5nc6ccccc6s5)cc4)(c4ccc(-c5nc6ccccc6s5)cc4)c4ccc(-c5nc6ccccc6s5)cc4)cc3)nc2c1. The van der Waals surface area contributed by atoms with Crippen LogP contribution in [0.3, 0.4) is 0 Å². The highest BCUT2D eigenvalue weighted by molar-refractivity contribution is 7.22. The van der Waals surface area contributed by atoms with Gasteiger partial charge in [0.05, 0.1) is 46.3 Å². The smallest absolute Gasteiger partial charge is 0.124 e. The molecular weight excluding hydrogens is 821 g/mol. The number of para-hydroxylation sites is 4. The molecular formula is C53H32N4S4. The molecule has 0 aliphatic rings. The quantitative estimate of drug-likeness (QED) is 0.143. The lowest BCUT2D eigenvalue weighted by atomic mass is 9.65. The molecule has 0 N–H and O–H groups in total. The van der Waals surface area contributed by atoms with Gasteiger partial charge in [-0.05, 0) is 70.8 Å². The molecule has 0 amide bonds. The molecule has 0 radical (unpaired) electrons. The van der Waals surface area contributed by atoms with Crippen LogP contribution in [0.15, 0.2) is 194 Å². The van der Waals surface area contributed by atoms with Crippen LogP contribution in [0.5, 0.6) is 0 Å². The van der Waals surface area contributed by atoms with Gasteiger partial charge in [0.15, 0.2) is 0 Å². The zero-order valence-electron chi connectivity index (χ0n) is 32.4. The molecule has 4 aromatic heterocycles. The highest BCUT2D eigenvalue weighted by Crippen LogP contribution is 2.48. The van der Waals surface area contributed by atoms with Gasteiger partial charge in [0, 0.05) is 22.3 Å². The highest BCUT2D eigenvalue weighted by atomic mass is 32.1. The third kappa shape index (κ3) is 6.30. The van der Waals surface area contributed by atoms with Gasteiger partial charge in [-0.15, -0.1) is 45.3 Å². The summed E-state index contributed by atoms with van der Waals surface area (Å²) in [6.45, 7) is 0.